The summed E-state index contributed by atoms with van der Waals surface area (Å²) in [6.07, 6.45) is 5.38. The van der Waals surface area contributed by atoms with Crippen LogP contribution in [0.25, 0.3) is 0 Å². The van der Waals surface area contributed by atoms with Crippen molar-refractivity contribution in [1.82, 2.24) is 5.32 Å². The Morgan fingerprint density at radius 1 is 1.21 bits per heavy atom. The number of rotatable bonds is 4. The van der Waals surface area contributed by atoms with Crippen LogP contribution < -0.4 is 10.2 Å². The van der Waals surface area contributed by atoms with Crippen molar-refractivity contribution in [3.63, 3.8) is 0 Å². The van der Waals surface area contributed by atoms with Gasteiger partial charge in [-0.25, -0.2) is 0 Å². The molecule has 1 fully saturated rings. The summed E-state index contributed by atoms with van der Waals surface area (Å²) in [5.74, 6) is 0. The molecule has 0 aromatic heterocycles. The average Bonchev–Trinajstić information content (AvgIpc) is 2.36. The molecule has 1 aromatic rings. The predicted octanol–water partition coefficient (Wildman–Crippen LogP) is 3.81. The van der Waals surface area contributed by atoms with Gasteiger partial charge in [0.1, 0.15) is 0 Å². The molecule has 106 valence electrons. The van der Waals surface area contributed by atoms with Gasteiger partial charge in [-0.15, -0.1) is 0 Å². The van der Waals surface area contributed by atoms with Gasteiger partial charge in [0.2, 0.25) is 0 Å². The van der Waals surface area contributed by atoms with E-state index in [-0.39, 0.29) is 0 Å². The van der Waals surface area contributed by atoms with Crippen LogP contribution in [0.4, 0.5) is 5.69 Å². The minimum atomic E-state index is 0.519. The molecule has 0 spiro atoms. The first-order valence-electron chi connectivity index (χ1n) is 7.46. The summed E-state index contributed by atoms with van der Waals surface area (Å²) in [4.78, 5) is 2.14. The Bertz CT molecular complexity index is 392. The highest BCUT2D eigenvalue weighted by Gasteiger charge is 2.27. The van der Waals surface area contributed by atoms with Crippen LogP contribution in [-0.2, 0) is 6.54 Å². The molecular formula is C17H28N2. The summed E-state index contributed by atoms with van der Waals surface area (Å²) < 4.78 is 0. The number of hydrogen-bond donors (Lipinski definition) is 1. The van der Waals surface area contributed by atoms with Crippen LogP contribution in [0.3, 0.4) is 0 Å². The summed E-state index contributed by atoms with van der Waals surface area (Å²) in [5.41, 5.74) is 3.17. The number of anilines is 1. The number of nitrogens with zero attached hydrogens (tertiary/aromatic N) is 1. The van der Waals surface area contributed by atoms with Crippen LogP contribution in [0.5, 0.6) is 0 Å². The molecule has 2 rings (SSSR count). The molecule has 0 radical (unpaired) electrons. The smallest absolute Gasteiger partial charge is 0.0361 e. The Hall–Kier alpha value is -1.02. The first-order chi connectivity index (χ1) is 8.96. The monoisotopic (exact) mass is 260 g/mol. The molecular weight excluding hydrogens is 232 g/mol. The molecule has 2 nitrogen and oxygen atoms in total. The van der Waals surface area contributed by atoms with E-state index >= 15 is 0 Å². The fourth-order valence-corrected chi connectivity index (χ4v) is 3.05. The van der Waals surface area contributed by atoms with Gasteiger partial charge in [0, 0.05) is 32.4 Å². The third-order valence-electron chi connectivity index (χ3n) is 4.25. The van der Waals surface area contributed by atoms with Crippen molar-refractivity contribution >= 4 is 5.69 Å². The lowest BCUT2D eigenvalue weighted by molar-refractivity contribution is 0.198. The van der Waals surface area contributed by atoms with Crippen LogP contribution in [0.2, 0.25) is 0 Å². The zero-order valence-electron chi connectivity index (χ0n) is 12.9. The van der Waals surface area contributed by atoms with Crippen molar-refractivity contribution in [3.8, 4) is 0 Å². The topological polar surface area (TPSA) is 15.3 Å². The molecule has 1 aliphatic carbocycles. The maximum absolute atomic E-state index is 3.73. The highest BCUT2D eigenvalue weighted by atomic mass is 15.1. The average molecular weight is 260 g/mol. The molecule has 1 unspecified atom stereocenters. The van der Waals surface area contributed by atoms with Crippen LogP contribution >= 0.6 is 0 Å². The summed E-state index contributed by atoms with van der Waals surface area (Å²) >= 11 is 0. The molecule has 1 saturated carbocycles. The van der Waals surface area contributed by atoms with E-state index in [9.17, 15) is 0 Å². The number of nitrogens with one attached hydrogen (secondary N) is 1. The van der Waals surface area contributed by atoms with Gasteiger partial charge in [-0.2, -0.15) is 0 Å². The van der Waals surface area contributed by atoms with Gasteiger partial charge in [0.15, 0.2) is 0 Å². The zero-order chi connectivity index (χ0) is 13.9. The van der Waals surface area contributed by atoms with E-state index in [1.807, 2.05) is 0 Å². The standard InChI is InChI=1S/C17H28N2/c1-17(2)11-5-6-15(12-17)18-13-14-7-9-16(10-8-14)19(3)4/h7-10,15,18H,5-6,11-13H2,1-4H3. The first-order valence-corrected chi connectivity index (χ1v) is 7.46. The van der Waals surface area contributed by atoms with Crippen molar-refractivity contribution in [2.75, 3.05) is 19.0 Å². The maximum atomic E-state index is 3.73. The molecule has 0 saturated heterocycles. The second-order valence-electron chi connectivity index (χ2n) is 6.90. The quantitative estimate of drug-likeness (QED) is 0.885. The Morgan fingerprint density at radius 2 is 1.89 bits per heavy atom. The Labute approximate surface area is 118 Å². The molecule has 1 aromatic carbocycles. The molecule has 0 heterocycles. The van der Waals surface area contributed by atoms with Gasteiger partial charge in [-0.05, 0) is 42.4 Å². The van der Waals surface area contributed by atoms with E-state index in [1.165, 1.54) is 36.9 Å². The van der Waals surface area contributed by atoms with E-state index in [1.54, 1.807) is 0 Å². The molecule has 1 N–H and O–H groups in total. The van der Waals surface area contributed by atoms with Crippen LogP contribution in [0.15, 0.2) is 24.3 Å². The summed E-state index contributed by atoms with van der Waals surface area (Å²) in [7, 11) is 4.16. The minimum absolute atomic E-state index is 0.519. The second-order valence-corrected chi connectivity index (χ2v) is 6.90. The Kier molecular flexibility index (Phi) is 4.51. The van der Waals surface area contributed by atoms with Crippen LogP contribution in [-0.4, -0.2) is 20.1 Å². The van der Waals surface area contributed by atoms with Crippen molar-refractivity contribution in [2.45, 2.75) is 52.1 Å². The maximum Gasteiger partial charge on any atom is 0.0361 e. The molecule has 0 bridgehead atoms. The zero-order valence-corrected chi connectivity index (χ0v) is 12.9. The molecule has 2 heteroatoms. The van der Waals surface area contributed by atoms with Gasteiger partial charge in [0.05, 0.1) is 0 Å². The normalized spacial score (nSPS) is 22.2. The molecule has 1 aliphatic rings. The van der Waals surface area contributed by atoms with E-state index in [2.05, 4.69) is 62.4 Å². The van der Waals surface area contributed by atoms with E-state index in [0.29, 0.717) is 11.5 Å². The van der Waals surface area contributed by atoms with Crippen molar-refractivity contribution in [3.05, 3.63) is 29.8 Å². The van der Waals surface area contributed by atoms with Crippen molar-refractivity contribution in [2.24, 2.45) is 5.41 Å². The minimum Gasteiger partial charge on any atom is -0.378 e. The van der Waals surface area contributed by atoms with Crippen LogP contribution in [0, 0.1) is 5.41 Å². The highest BCUT2D eigenvalue weighted by molar-refractivity contribution is 5.45. The lowest BCUT2D eigenvalue weighted by Crippen LogP contribution is -2.36. The summed E-state index contributed by atoms with van der Waals surface area (Å²) in [6, 6.07) is 9.55. The van der Waals surface area contributed by atoms with Gasteiger partial charge < -0.3 is 10.2 Å². The van der Waals surface area contributed by atoms with Gasteiger partial charge in [-0.3, -0.25) is 0 Å². The van der Waals surface area contributed by atoms with E-state index in [0.717, 1.165) is 6.54 Å². The highest BCUT2D eigenvalue weighted by Crippen LogP contribution is 2.35. The second kappa shape index (κ2) is 5.96. The van der Waals surface area contributed by atoms with Gasteiger partial charge >= 0.3 is 0 Å². The summed E-state index contributed by atoms with van der Waals surface area (Å²) in [5, 5.41) is 3.73. The SMILES string of the molecule is CN(C)c1ccc(CNC2CCCC(C)(C)C2)cc1. The predicted molar refractivity (Wildman–Crippen MR) is 83.6 cm³/mol. The van der Waals surface area contributed by atoms with E-state index < -0.39 is 0 Å². The fourth-order valence-electron chi connectivity index (χ4n) is 3.05. The van der Waals surface area contributed by atoms with E-state index in [4.69, 9.17) is 0 Å². The molecule has 0 aliphatic heterocycles. The van der Waals surface area contributed by atoms with Gasteiger partial charge in [-0.1, -0.05) is 32.4 Å². The molecule has 1 atom stereocenters. The third-order valence-corrected chi connectivity index (χ3v) is 4.25. The molecule has 0 amide bonds. The number of benzene rings is 1. The van der Waals surface area contributed by atoms with Crippen LogP contribution in [0.1, 0.15) is 45.1 Å². The third kappa shape index (κ3) is 4.24. The Morgan fingerprint density at radius 3 is 2.47 bits per heavy atom. The molecule has 19 heavy (non-hydrogen) atoms. The van der Waals surface area contributed by atoms with Gasteiger partial charge in [0.25, 0.3) is 0 Å². The summed E-state index contributed by atoms with van der Waals surface area (Å²) in [6.45, 7) is 5.79. The Balaban J connectivity index is 1.85. The fraction of sp³-hybridized carbons (Fsp3) is 0.647. The first kappa shape index (κ1) is 14.4. The van der Waals surface area contributed by atoms with Crippen molar-refractivity contribution in [1.29, 1.82) is 0 Å². The van der Waals surface area contributed by atoms with Crippen molar-refractivity contribution < 1.29 is 0 Å². The lowest BCUT2D eigenvalue weighted by atomic mass is 9.75. The lowest BCUT2D eigenvalue weighted by Gasteiger charge is -2.35. The largest absolute Gasteiger partial charge is 0.378 e. The number of hydrogen-bond acceptors (Lipinski definition) is 2.